The van der Waals surface area contributed by atoms with Gasteiger partial charge in [0.25, 0.3) is 0 Å². The number of nitrogens with one attached hydrogen (secondary N) is 1. The summed E-state index contributed by atoms with van der Waals surface area (Å²) >= 11 is 0. The number of anilines is 2. The van der Waals surface area contributed by atoms with Crippen LogP contribution in [-0.2, 0) is 17.7 Å². The molecule has 4 rings (SSSR count). The lowest BCUT2D eigenvalue weighted by atomic mass is 10.0. The summed E-state index contributed by atoms with van der Waals surface area (Å²) in [5.74, 6) is 1.73. The fourth-order valence-corrected chi connectivity index (χ4v) is 4.45. The molecule has 0 bridgehead atoms. The van der Waals surface area contributed by atoms with Crippen molar-refractivity contribution in [1.29, 1.82) is 0 Å². The Morgan fingerprint density at radius 1 is 1.13 bits per heavy atom. The zero-order valence-electron chi connectivity index (χ0n) is 18.5. The lowest BCUT2D eigenvalue weighted by Crippen LogP contribution is -2.47. The molecule has 1 aromatic carbocycles. The Hall–Kier alpha value is -2.67. The molecule has 0 spiro atoms. The zero-order valence-corrected chi connectivity index (χ0v) is 18.5. The number of aromatic nitrogens is 2. The molecule has 1 N–H and O–H groups in total. The largest absolute Gasteiger partial charge is 0.372 e. The average molecular weight is 410 g/mol. The van der Waals surface area contributed by atoms with E-state index in [1.165, 1.54) is 5.56 Å². The number of hydrogen-bond donors (Lipinski definition) is 1. The summed E-state index contributed by atoms with van der Waals surface area (Å²) in [5.41, 5.74) is 5.22. The van der Waals surface area contributed by atoms with E-state index in [1.54, 1.807) is 0 Å². The van der Waals surface area contributed by atoms with E-state index in [4.69, 9.17) is 9.72 Å². The second kappa shape index (κ2) is 8.22. The van der Waals surface area contributed by atoms with Gasteiger partial charge in [-0.15, -0.1) is 0 Å². The SMILES string of the molecule is Cc1ccc(NC(=O)N2CCc3nc(C)nc(N4C[C@H](C)O[C@@H](C)C4)c3C2)c(C)c1. The second-order valence-electron chi connectivity index (χ2n) is 8.60. The van der Waals surface area contributed by atoms with Crippen molar-refractivity contribution in [3.05, 3.63) is 46.4 Å². The fraction of sp³-hybridized carbons (Fsp3) is 0.522. The molecule has 2 atom stereocenters. The number of amides is 2. The second-order valence-corrected chi connectivity index (χ2v) is 8.60. The molecule has 0 saturated carbocycles. The first-order valence-electron chi connectivity index (χ1n) is 10.7. The Labute approximate surface area is 178 Å². The lowest BCUT2D eigenvalue weighted by molar-refractivity contribution is -0.00557. The molecule has 2 aliphatic rings. The van der Waals surface area contributed by atoms with Crippen molar-refractivity contribution >= 4 is 17.5 Å². The van der Waals surface area contributed by atoms with E-state index >= 15 is 0 Å². The van der Waals surface area contributed by atoms with E-state index in [2.05, 4.69) is 42.0 Å². The van der Waals surface area contributed by atoms with Crippen molar-refractivity contribution in [2.24, 2.45) is 0 Å². The van der Waals surface area contributed by atoms with E-state index in [0.29, 0.717) is 13.1 Å². The van der Waals surface area contributed by atoms with E-state index in [0.717, 1.165) is 53.7 Å². The molecule has 1 aromatic heterocycles. The number of morpholine rings is 1. The van der Waals surface area contributed by atoms with Crippen LogP contribution >= 0.6 is 0 Å². The maximum Gasteiger partial charge on any atom is 0.322 e. The first kappa shape index (κ1) is 20.6. The summed E-state index contributed by atoms with van der Waals surface area (Å²) < 4.78 is 5.90. The number of hydrogen-bond acceptors (Lipinski definition) is 5. The molecule has 30 heavy (non-hydrogen) atoms. The minimum Gasteiger partial charge on any atom is -0.372 e. The third kappa shape index (κ3) is 4.26. The van der Waals surface area contributed by atoms with Gasteiger partial charge in [-0.05, 0) is 46.2 Å². The van der Waals surface area contributed by atoms with Crippen LogP contribution < -0.4 is 10.2 Å². The molecule has 160 valence electrons. The Morgan fingerprint density at radius 2 is 1.87 bits per heavy atom. The van der Waals surface area contributed by atoms with Crippen LogP contribution in [0.5, 0.6) is 0 Å². The molecule has 0 aliphatic carbocycles. The number of carbonyl (C=O) groups excluding carboxylic acids is 1. The van der Waals surface area contributed by atoms with Gasteiger partial charge in [-0.3, -0.25) is 0 Å². The van der Waals surface area contributed by atoms with Crippen LogP contribution in [0.25, 0.3) is 0 Å². The Bertz CT molecular complexity index is 951. The molecular formula is C23H31N5O2. The number of urea groups is 1. The van der Waals surface area contributed by atoms with Crippen LogP contribution in [0.2, 0.25) is 0 Å². The van der Waals surface area contributed by atoms with Gasteiger partial charge in [0, 0.05) is 37.3 Å². The lowest BCUT2D eigenvalue weighted by Gasteiger charge is -2.38. The predicted octanol–water partition coefficient (Wildman–Crippen LogP) is 3.61. The molecule has 3 heterocycles. The summed E-state index contributed by atoms with van der Waals surface area (Å²) in [6.45, 7) is 12.9. The monoisotopic (exact) mass is 409 g/mol. The van der Waals surface area contributed by atoms with Gasteiger partial charge in [-0.1, -0.05) is 17.7 Å². The maximum absolute atomic E-state index is 13.0. The number of ether oxygens (including phenoxy) is 1. The van der Waals surface area contributed by atoms with Crippen molar-refractivity contribution in [2.45, 2.75) is 59.8 Å². The maximum atomic E-state index is 13.0. The van der Waals surface area contributed by atoms with Gasteiger partial charge in [-0.2, -0.15) is 0 Å². The quantitative estimate of drug-likeness (QED) is 0.821. The Kier molecular flexibility index (Phi) is 5.64. The van der Waals surface area contributed by atoms with Crippen LogP contribution in [0, 0.1) is 20.8 Å². The Morgan fingerprint density at radius 3 is 2.57 bits per heavy atom. The molecule has 2 amide bonds. The van der Waals surface area contributed by atoms with Gasteiger partial charge in [-0.25, -0.2) is 14.8 Å². The molecule has 0 radical (unpaired) electrons. The van der Waals surface area contributed by atoms with Gasteiger partial charge in [0.2, 0.25) is 0 Å². The highest BCUT2D eigenvalue weighted by molar-refractivity contribution is 5.90. The standard InChI is InChI=1S/C23H31N5O2/c1-14-6-7-20(15(2)10-14)26-23(29)27-9-8-21-19(13-27)22(25-18(5)24-21)28-11-16(3)30-17(4)12-28/h6-7,10,16-17H,8-9,11-13H2,1-5H3,(H,26,29)/t16-,17-/m0/s1. The minimum atomic E-state index is -0.0807. The van der Waals surface area contributed by atoms with Crippen molar-refractivity contribution in [1.82, 2.24) is 14.9 Å². The molecule has 2 aromatic rings. The van der Waals surface area contributed by atoms with Gasteiger partial charge in [0.05, 0.1) is 24.4 Å². The summed E-state index contributed by atoms with van der Waals surface area (Å²) in [4.78, 5) is 26.6. The van der Waals surface area contributed by atoms with Gasteiger partial charge < -0.3 is 19.9 Å². The summed E-state index contributed by atoms with van der Waals surface area (Å²) in [5, 5.41) is 3.08. The summed E-state index contributed by atoms with van der Waals surface area (Å²) in [6, 6.07) is 5.98. The van der Waals surface area contributed by atoms with Crippen LogP contribution in [0.15, 0.2) is 18.2 Å². The highest BCUT2D eigenvalue weighted by Crippen LogP contribution is 2.29. The normalized spacial score (nSPS) is 21.4. The third-order valence-corrected chi connectivity index (χ3v) is 5.78. The summed E-state index contributed by atoms with van der Waals surface area (Å²) in [7, 11) is 0. The molecule has 1 saturated heterocycles. The van der Waals surface area contributed by atoms with Crippen LogP contribution in [0.3, 0.4) is 0 Å². The van der Waals surface area contributed by atoms with E-state index in [1.807, 2.05) is 30.9 Å². The Balaban J connectivity index is 1.57. The number of aryl methyl sites for hydroxylation is 3. The summed E-state index contributed by atoms with van der Waals surface area (Å²) in [6.07, 6.45) is 1.03. The van der Waals surface area contributed by atoms with Crippen LogP contribution in [-0.4, -0.2) is 52.7 Å². The van der Waals surface area contributed by atoms with Gasteiger partial charge in [0.15, 0.2) is 0 Å². The molecular weight excluding hydrogens is 378 g/mol. The molecule has 7 nitrogen and oxygen atoms in total. The number of rotatable bonds is 2. The topological polar surface area (TPSA) is 70.6 Å². The highest BCUT2D eigenvalue weighted by atomic mass is 16.5. The molecule has 7 heteroatoms. The van der Waals surface area contributed by atoms with Crippen LogP contribution in [0.4, 0.5) is 16.3 Å². The first-order valence-corrected chi connectivity index (χ1v) is 10.7. The van der Waals surface area contributed by atoms with Crippen molar-refractivity contribution in [3.63, 3.8) is 0 Å². The number of nitrogens with zero attached hydrogens (tertiary/aromatic N) is 4. The third-order valence-electron chi connectivity index (χ3n) is 5.78. The van der Waals surface area contributed by atoms with Crippen molar-refractivity contribution < 1.29 is 9.53 Å². The molecule has 2 aliphatic heterocycles. The van der Waals surface area contributed by atoms with E-state index in [9.17, 15) is 4.79 Å². The van der Waals surface area contributed by atoms with E-state index in [-0.39, 0.29) is 18.2 Å². The van der Waals surface area contributed by atoms with Gasteiger partial charge >= 0.3 is 6.03 Å². The number of benzene rings is 1. The van der Waals surface area contributed by atoms with E-state index < -0.39 is 0 Å². The average Bonchev–Trinajstić information content (AvgIpc) is 2.68. The van der Waals surface area contributed by atoms with Crippen molar-refractivity contribution in [2.75, 3.05) is 29.9 Å². The van der Waals surface area contributed by atoms with Crippen molar-refractivity contribution in [3.8, 4) is 0 Å². The predicted molar refractivity (Wildman–Crippen MR) is 118 cm³/mol. The highest BCUT2D eigenvalue weighted by Gasteiger charge is 2.30. The number of fused-ring (bicyclic) bond motifs is 1. The van der Waals surface area contributed by atoms with Crippen LogP contribution in [0.1, 0.15) is 42.1 Å². The minimum absolute atomic E-state index is 0.0807. The number of carbonyl (C=O) groups is 1. The first-order chi connectivity index (χ1) is 14.3. The molecule has 1 fully saturated rings. The van der Waals surface area contributed by atoms with Gasteiger partial charge in [0.1, 0.15) is 11.6 Å². The fourth-order valence-electron chi connectivity index (χ4n) is 4.45. The molecule has 0 unspecified atom stereocenters. The smallest absolute Gasteiger partial charge is 0.322 e. The zero-order chi connectivity index (χ0) is 21.4.